The van der Waals surface area contributed by atoms with Gasteiger partial charge in [-0.3, -0.25) is 19.2 Å². The van der Waals surface area contributed by atoms with E-state index < -0.39 is 66.4 Å². The molecule has 0 aromatic carbocycles. The molecule has 0 fully saturated rings. The van der Waals surface area contributed by atoms with Gasteiger partial charge in [0, 0.05) is 12.2 Å². The molecule has 0 spiro atoms. The Morgan fingerprint density at radius 3 is 1.89 bits per heavy atom. The van der Waals surface area contributed by atoms with Crippen molar-refractivity contribution in [3.05, 3.63) is 0 Å². The highest BCUT2D eigenvalue weighted by Crippen LogP contribution is 2.02. The number of rotatable bonds is 12. The van der Waals surface area contributed by atoms with E-state index in [2.05, 4.69) is 28.6 Å². The number of carboxylic acid groups (broad SMARTS) is 2. The van der Waals surface area contributed by atoms with Crippen LogP contribution >= 0.6 is 12.6 Å². The van der Waals surface area contributed by atoms with E-state index in [1.807, 2.05) is 0 Å². The van der Waals surface area contributed by atoms with E-state index in [4.69, 9.17) is 15.9 Å². The van der Waals surface area contributed by atoms with Crippen molar-refractivity contribution in [2.45, 2.75) is 57.0 Å². The lowest BCUT2D eigenvalue weighted by Crippen LogP contribution is -2.57. The fourth-order valence-electron chi connectivity index (χ4n) is 1.89. The summed E-state index contributed by atoms with van der Waals surface area (Å²) in [6.07, 6.45) is -1.93. The van der Waals surface area contributed by atoms with Gasteiger partial charge < -0.3 is 37.0 Å². The third-order valence-corrected chi connectivity index (χ3v) is 4.02. The fraction of sp³-hybridized carbons (Fsp3) is 0.667. The molecule has 12 nitrogen and oxygen atoms in total. The number of hydrogen-bond donors (Lipinski definition) is 8. The first kappa shape index (κ1) is 25.6. The maximum Gasteiger partial charge on any atom is 0.327 e. The van der Waals surface area contributed by atoms with E-state index in [0.29, 0.717) is 0 Å². The summed E-state index contributed by atoms with van der Waals surface area (Å²) in [5.41, 5.74) is 5.45. The largest absolute Gasteiger partial charge is 0.481 e. The number of nitrogens with one attached hydrogen (secondary N) is 3. The van der Waals surface area contributed by atoms with Crippen molar-refractivity contribution in [2.24, 2.45) is 5.73 Å². The maximum absolute atomic E-state index is 12.3. The van der Waals surface area contributed by atoms with E-state index in [1.54, 1.807) is 0 Å². The van der Waals surface area contributed by atoms with Crippen molar-refractivity contribution in [1.82, 2.24) is 16.0 Å². The van der Waals surface area contributed by atoms with Crippen LogP contribution in [-0.2, 0) is 24.0 Å². The van der Waals surface area contributed by atoms with Gasteiger partial charge in [-0.05, 0) is 20.3 Å². The van der Waals surface area contributed by atoms with Gasteiger partial charge in [-0.2, -0.15) is 12.6 Å². The molecule has 0 saturated carbocycles. The summed E-state index contributed by atoms with van der Waals surface area (Å²) in [7, 11) is 0. The number of thiol groups is 1. The lowest BCUT2D eigenvalue weighted by molar-refractivity contribution is -0.142. The zero-order valence-corrected chi connectivity index (χ0v) is 16.3. The van der Waals surface area contributed by atoms with Crippen LogP contribution in [0.15, 0.2) is 0 Å². The SMILES string of the molecule is CC(NC(=O)C(N)C(C)O)C(=O)NC(CCC(=O)O)C(=O)NC(CS)C(=O)O. The summed E-state index contributed by atoms with van der Waals surface area (Å²) in [6, 6.07) is -5.11. The van der Waals surface area contributed by atoms with Crippen LogP contribution in [0.25, 0.3) is 0 Å². The first-order valence-corrected chi connectivity index (χ1v) is 8.94. The van der Waals surface area contributed by atoms with Gasteiger partial charge in [-0.25, -0.2) is 4.79 Å². The predicted molar refractivity (Wildman–Crippen MR) is 99.5 cm³/mol. The molecule has 0 aliphatic heterocycles. The molecule has 0 radical (unpaired) electrons. The first-order chi connectivity index (χ1) is 12.9. The molecular formula is C15H26N4O8S. The number of amides is 3. The molecule has 160 valence electrons. The molecule has 0 heterocycles. The molecule has 13 heteroatoms. The smallest absolute Gasteiger partial charge is 0.327 e. The molecule has 0 aliphatic carbocycles. The first-order valence-electron chi connectivity index (χ1n) is 8.30. The van der Waals surface area contributed by atoms with Gasteiger partial charge in [-0.1, -0.05) is 0 Å². The van der Waals surface area contributed by atoms with Crippen LogP contribution in [0.1, 0.15) is 26.7 Å². The normalized spacial score (nSPS) is 16.0. The number of carboxylic acids is 2. The molecule has 0 aromatic rings. The number of hydrogen-bond acceptors (Lipinski definition) is 8. The maximum atomic E-state index is 12.3. The minimum atomic E-state index is -1.35. The molecule has 8 N–H and O–H groups in total. The van der Waals surface area contributed by atoms with Crippen LogP contribution in [-0.4, -0.2) is 81.0 Å². The molecule has 3 amide bonds. The van der Waals surface area contributed by atoms with Crippen LogP contribution < -0.4 is 21.7 Å². The summed E-state index contributed by atoms with van der Waals surface area (Å²) in [5.74, 6) is -5.32. The minimum absolute atomic E-state index is 0.218. The van der Waals surface area contributed by atoms with Gasteiger partial charge in [0.05, 0.1) is 6.10 Å². The van der Waals surface area contributed by atoms with Crippen molar-refractivity contribution in [3.63, 3.8) is 0 Å². The topological polar surface area (TPSA) is 208 Å². The zero-order chi connectivity index (χ0) is 22.0. The quantitative estimate of drug-likeness (QED) is 0.151. The molecule has 0 saturated heterocycles. The highest BCUT2D eigenvalue weighted by atomic mass is 32.1. The van der Waals surface area contributed by atoms with Crippen molar-refractivity contribution in [1.29, 1.82) is 0 Å². The third-order valence-electron chi connectivity index (χ3n) is 3.65. The summed E-state index contributed by atoms with van der Waals surface area (Å²) in [5, 5.41) is 33.7. The standard InChI is InChI=1S/C15H26N4O8S/c1-6(17-14(25)11(16)7(2)20)12(23)18-8(3-4-10(21)22)13(24)19-9(5-28)15(26)27/h6-9,11,20,28H,3-5,16H2,1-2H3,(H,17,25)(H,18,23)(H,19,24)(H,21,22)(H,26,27). The fourth-order valence-corrected chi connectivity index (χ4v) is 2.13. The Kier molecular flexibility index (Phi) is 11.1. The number of carbonyl (C=O) groups excluding carboxylic acids is 3. The number of nitrogens with two attached hydrogens (primary N) is 1. The Bertz CT molecular complexity index is 601. The molecule has 0 aromatic heterocycles. The van der Waals surface area contributed by atoms with Gasteiger partial charge in [0.15, 0.2) is 0 Å². The Morgan fingerprint density at radius 1 is 0.929 bits per heavy atom. The van der Waals surface area contributed by atoms with Gasteiger partial charge in [0.2, 0.25) is 17.7 Å². The molecule has 0 bridgehead atoms. The van der Waals surface area contributed by atoms with E-state index in [0.717, 1.165) is 0 Å². The second kappa shape index (κ2) is 12.2. The number of aliphatic hydroxyl groups excluding tert-OH is 1. The molecule has 5 unspecified atom stereocenters. The lowest BCUT2D eigenvalue weighted by atomic mass is 10.1. The van der Waals surface area contributed by atoms with Crippen molar-refractivity contribution < 1.29 is 39.3 Å². The Morgan fingerprint density at radius 2 is 1.46 bits per heavy atom. The number of carbonyl (C=O) groups is 5. The highest BCUT2D eigenvalue weighted by Gasteiger charge is 2.29. The van der Waals surface area contributed by atoms with Crippen molar-refractivity contribution in [2.75, 3.05) is 5.75 Å². The Labute approximate surface area is 166 Å². The molecule has 5 atom stereocenters. The average molecular weight is 422 g/mol. The number of aliphatic carboxylic acids is 2. The van der Waals surface area contributed by atoms with E-state index in [-0.39, 0.29) is 12.2 Å². The summed E-state index contributed by atoms with van der Waals surface area (Å²) < 4.78 is 0. The van der Waals surface area contributed by atoms with Gasteiger partial charge in [-0.15, -0.1) is 0 Å². The van der Waals surface area contributed by atoms with Crippen LogP contribution in [0.3, 0.4) is 0 Å². The van der Waals surface area contributed by atoms with Gasteiger partial charge in [0.25, 0.3) is 0 Å². The minimum Gasteiger partial charge on any atom is -0.481 e. The average Bonchev–Trinajstić information content (AvgIpc) is 2.60. The Hall–Kier alpha value is -2.38. The second-order valence-corrected chi connectivity index (χ2v) is 6.44. The van der Waals surface area contributed by atoms with Crippen molar-refractivity contribution in [3.8, 4) is 0 Å². The van der Waals surface area contributed by atoms with E-state index >= 15 is 0 Å². The monoisotopic (exact) mass is 422 g/mol. The van der Waals surface area contributed by atoms with Crippen LogP contribution in [0.4, 0.5) is 0 Å². The predicted octanol–water partition coefficient (Wildman–Crippen LogP) is -2.95. The van der Waals surface area contributed by atoms with Gasteiger partial charge >= 0.3 is 11.9 Å². The molecule has 0 rings (SSSR count). The second-order valence-electron chi connectivity index (χ2n) is 6.07. The van der Waals surface area contributed by atoms with Crippen LogP contribution in [0, 0.1) is 0 Å². The third kappa shape index (κ3) is 9.01. The van der Waals surface area contributed by atoms with E-state index in [9.17, 15) is 29.1 Å². The summed E-state index contributed by atoms with van der Waals surface area (Å²) >= 11 is 3.80. The van der Waals surface area contributed by atoms with Crippen LogP contribution in [0.5, 0.6) is 0 Å². The number of aliphatic hydroxyl groups is 1. The van der Waals surface area contributed by atoms with Crippen LogP contribution in [0.2, 0.25) is 0 Å². The molecular weight excluding hydrogens is 396 g/mol. The van der Waals surface area contributed by atoms with Crippen molar-refractivity contribution >= 4 is 42.3 Å². The van der Waals surface area contributed by atoms with Gasteiger partial charge in [0.1, 0.15) is 24.2 Å². The summed E-state index contributed by atoms with van der Waals surface area (Å²) in [6.45, 7) is 2.59. The summed E-state index contributed by atoms with van der Waals surface area (Å²) in [4.78, 5) is 58.0. The molecule has 28 heavy (non-hydrogen) atoms. The zero-order valence-electron chi connectivity index (χ0n) is 15.4. The van der Waals surface area contributed by atoms with E-state index in [1.165, 1.54) is 13.8 Å². The lowest BCUT2D eigenvalue weighted by Gasteiger charge is -2.23. The molecule has 0 aliphatic rings. The Balaban J connectivity index is 5.08. The highest BCUT2D eigenvalue weighted by molar-refractivity contribution is 7.80.